The van der Waals surface area contributed by atoms with Gasteiger partial charge in [0.25, 0.3) is 0 Å². The average molecular weight is 191 g/mol. The van der Waals surface area contributed by atoms with E-state index in [2.05, 4.69) is 11.9 Å². The Balaban J connectivity index is 2.64. The number of carboxylic acids is 1. The molecule has 1 rings (SSSR count). The van der Waals surface area contributed by atoms with E-state index in [0.717, 1.165) is 11.3 Å². The van der Waals surface area contributed by atoms with Crippen molar-refractivity contribution in [2.45, 2.75) is 6.92 Å². The molecule has 74 valence electrons. The van der Waals surface area contributed by atoms with Gasteiger partial charge in [-0.1, -0.05) is 12.2 Å². The zero-order valence-corrected chi connectivity index (χ0v) is 8.08. The van der Waals surface area contributed by atoms with Crippen LogP contribution >= 0.6 is 0 Å². The first-order valence-electron chi connectivity index (χ1n) is 4.31. The van der Waals surface area contributed by atoms with E-state index in [1.165, 1.54) is 0 Å². The van der Waals surface area contributed by atoms with Crippen LogP contribution in [0.4, 0.5) is 5.69 Å². The molecule has 0 aliphatic carbocycles. The van der Waals surface area contributed by atoms with Crippen LogP contribution in [0.15, 0.2) is 36.4 Å². The number of anilines is 1. The number of hydrogen-bond acceptors (Lipinski definition) is 2. The molecular formula is C11H13NO2. The topological polar surface area (TPSA) is 49.3 Å². The second-order valence-electron chi connectivity index (χ2n) is 3.19. The van der Waals surface area contributed by atoms with Crippen molar-refractivity contribution in [2.24, 2.45) is 0 Å². The first-order valence-corrected chi connectivity index (χ1v) is 4.31. The van der Waals surface area contributed by atoms with Crippen LogP contribution in [0, 0.1) is 0 Å². The summed E-state index contributed by atoms with van der Waals surface area (Å²) in [6, 6.07) is 6.63. The van der Waals surface area contributed by atoms with E-state index in [-0.39, 0.29) is 0 Å². The lowest BCUT2D eigenvalue weighted by Crippen LogP contribution is -2.02. The van der Waals surface area contributed by atoms with E-state index in [0.29, 0.717) is 12.1 Å². The molecule has 0 saturated carbocycles. The third-order valence-electron chi connectivity index (χ3n) is 1.73. The van der Waals surface area contributed by atoms with Crippen molar-refractivity contribution in [1.29, 1.82) is 0 Å². The van der Waals surface area contributed by atoms with Gasteiger partial charge in [0.05, 0.1) is 5.56 Å². The lowest BCUT2D eigenvalue weighted by Gasteiger charge is -2.05. The lowest BCUT2D eigenvalue weighted by atomic mass is 10.2. The summed E-state index contributed by atoms with van der Waals surface area (Å²) in [5.41, 5.74) is 2.23. The minimum absolute atomic E-state index is 0.297. The highest BCUT2D eigenvalue weighted by atomic mass is 16.4. The quantitative estimate of drug-likeness (QED) is 0.718. The SMILES string of the molecule is C=C(C)CNc1ccc(C(=O)O)cc1. The summed E-state index contributed by atoms with van der Waals surface area (Å²) in [6.07, 6.45) is 0. The van der Waals surface area contributed by atoms with Crippen molar-refractivity contribution in [3.05, 3.63) is 42.0 Å². The van der Waals surface area contributed by atoms with Crippen LogP contribution in [0.3, 0.4) is 0 Å². The molecule has 0 bridgehead atoms. The van der Waals surface area contributed by atoms with Gasteiger partial charge in [0.15, 0.2) is 0 Å². The molecule has 0 spiro atoms. The summed E-state index contributed by atoms with van der Waals surface area (Å²) < 4.78 is 0. The number of aromatic carboxylic acids is 1. The third-order valence-corrected chi connectivity index (χ3v) is 1.73. The van der Waals surface area contributed by atoms with Crippen LogP contribution in [0.1, 0.15) is 17.3 Å². The van der Waals surface area contributed by atoms with Crippen LogP contribution < -0.4 is 5.32 Å². The Morgan fingerprint density at radius 1 is 1.43 bits per heavy atom. The van der Waals surface area contributed by atoms with Crippen molar-refractivity contribution in [3.8, 4) is 0 Å². The molecular weight excluding hydrogens is 178 g/mol. The molecule has 1 aromatic carbocycles. The summed E-state index contributed by atoms with van der Waals surface area (Å²) in [4.78, 5) is 10.5. The smallest absolute Gasteiger partial charge is 0.335 e. The monoisotopic (exact) mass is 191 g/mol. The molecule has 0 atom stereocenters. The van der Waals surface area contributed by atoms with E-state index in [4.69, 9.17) is 5.11 Å². The van der Waals surface area contributed by atoms with Gasteiger partial charge in [-0.3, -0.25) is 0 Å². The van der Waals surface area contributed by atoms with Crippen LogP contribution in [0.5, 0.6) is 0 Å². The first-order chi connectivity index (χ1) is 6.59. The Kier molecular flexibility index (Phi) is 3.29. The average Bonchev–Trinajstić information content (AvgIpc) is 2.15. The number of benzene rings is 1. The highest BCUT2D eigenvalue weighted by Crippen LogP contribution is 2.09. The Morgan fingerprint density at radius 3 is 2.43 bits per heavy atom. The second-order valence-corrected chi connectivity index (χ2v) is 3.19. The van der Waals surface area contributed by atoms with Gasteiger partial charge < -0.3 is 10.4 Å². The number of carbonyl (C=O) groups is 1. The molecule has 14 heavy (non-hydrogen) atoms. The summed E-state index contributed by atoms with van der Waals surface area (Å²) >= 11 is 0. The van der Waals surface area contributed by atoms with Gasteiger partial charge in [-0.2, -0.15) is 0 Å². The molecule has 2 N–H and O–H groups in total. The van der Waals surface area contributed by atoms with Crippen molar-refractivity contribution in [1.82, 2.24) is 0 Å². The highest BCUT2D eigenvalue weighted by molar-refractivity contribution is 5.87. The summed E-state index contributed by atoms with van der Waals surface area (Å²) in [7, 11) is 0. The maximum atomic E-state index is 10.5. The largest absolute Gasteiger partial charge is 0.478 e. The van der Waals surface area contributed by atoms with Gasteiger partial charge in [0, 0.05) is 12.2 Å². The zero-order valence-electron chi connectivity index (χ0n) is 8.08. The lowest BCUT2D eigenvalue weighted by molar-refractivity contribution is 0.0697. The fraction of sp³-hybridized carbons (Fsp3) is 0.182. The van der Waals surface area contributed by atoms with E-state index < -0.39 is 5.97 Å². The molecule has 0 radical (unpaired) electrons. The van der Waals surface area contributed by atoms with Crippen molar-refractivity contribution in [3.63, 3.8) is 0 Å². The first kappa shape index (κ1) is 10.3. The van der Waals surface area contributed by atoms with E-state index in [1.54, 1.807) is 24.3 Å². The molecule has 0 saturated heterocycles. The fourth-order valence-corrected chi connectivity index (χ4v) is 0.984. The van der Waals surface area contributed by atoms with Crippen molar-refractivity contribution in [2.75, 3.05) is 11.9 Å². The Bertz CT molecular complexity index is 341. The maximum absolute atomic E-state index is 10.5. The number of nitrogens with one attached hydrogen (secondary N) is 1. The van der Waals surface area contributed by atoms with Gasteiger partial charge >= 0.3 is 5.97 Å². The summed E-state index contributed by atoms with van der Waals surface area (Å²) in [5.74, 6) is -0.906. The molecule has 0 amide bonds. The van der Waals surface area contributed by atoms with Crippen LogP contribution in [0.25, 0.3) is 0 Å². The standard InChI is InChI=1S/C11H13NO2/c1-8(2)7-12-10-5-3-9(4-6-10)11(13)14/h3-6,12H,1,7H2,2H3,(H,13,14). The molecule has 0 aliphatic rings. The normalized spacial score (nSPS) is 9.50. The van der Waals surface area contributed by atoms with Crippen LogP contribution in [-0.4, -0.2) is 17.6 Å². The number of rotatable bonds is 4. The minimum Gasteiger partial charge on any atom is -0.478 e. The van der Waals surface area contributed by atoms with Crippen LogP contribution in [0.2, 0.25) is 0 Å². The molecule has 0 aromatic heterocycles. The van der Waals surface area contributed by atoms with Crippen molar-refractivity contribution < 1.29 is 9.90 Å². The maximum Gasteiger partial charge on any atom is 0.335 e. The third kappa shape index (κ3) is 2.94. The predicted octanol–water partition coefficient (Wildman–Crippen LogP) is 2.37. The fourth-order valence-electron chi connectivity index (χ4n) is 0.984. The van der Waals surface area contributed by atoms with E-state index >= 15 is 0 Å². The van der Waals surface area contributed by atoms with Crippen LogP contribution in [-0.2, 0) is 0 Å². The van der Waals surface area contributed by atoms with E-state index in [9.17, 15) is 4.79 Å². The number of hydrogen-bond donors (Lipinski definition) is 2. The number of carboxylic acid groups (broad SMARTS) is 1. The van der Waals surface area contributed by atoms with E-state index in [1.807, 2.05) is 6.92 Å². The molecule has 0 heterocycles. The highest BCUT2D eigenvalue weighted by Gasteiger charge is 2.00. The molecule has 0 unspecified atom stereocenters. The Morgan fingerprint density at radius 2 is 2.00 bits per heavy atom. The van der Waals surface area contributed by atoms with Gasteiger partial charge in [-0.05, 0) is 31.2 Å². The molecule has 1 aromatic rings. The van der Waals surface area contributed by atoms with Gasteiger partial charge in [0.1, 0.15) is 0 Å². The second kappa shape index (κ2) is 4.46. The molecule has 0 aliphatic heterocycles. The summed E-state index contributed by atoms with van der Waals surface area (Å²) in [5, 5.41) is 11.8. The van der Waals surface area contributed by atoms with Crippen molar-refractivity contribution >= 4 is 11.7 Å². The molecule has 3 nitrogen and oxygen atoms in total. The van der Waals surface area contributed by atoms with Gasteiger partial charge in [0.2, 0.25) is 0 Å². The summed E-state index contributed by atoms with van der Waals surface area (Å²) in [6.45, 7) is 6.39. The molecule has 3 heteroatoms. The van der Waals surface area contributed by atoms with Gasteiger partial charge in [-0.25, -0.2) is 4.79 Å². The predicted molar refractivity (Wildman–Crippen MR) is 56.7 cm³/mol. The molecule has 0 fully saturated rings. The Labute approximate surface area is 83.1 Å². The Hall–Kier alpha value is -1.77. The van der Waals surface area contributed by atoms with Gasteiger partial charge in [-0.15, -0.1) is 0 Å². The minimum atomic E-state index is -0.906. The zero-order chi connectivity index (χ0) is 10.6.